The predicted molar refractivity (Wildman–Crippen MR) is 103 cm³/mol. The highest BCUT2D eigenvalue weighted by Gasteiger charge is 2.12. The number of imidazole rings is 1. The van der Waals surface area contributed by atoms with Crippen molar-refractivity contribution in [2.24, 2.45) is 4.99 Å². The molecule has 0 radical (unpaired) electrons. The van der Waals surface area contributed by atoms with E-state index < -0.39 is 0 Å². The van der Waals surface area contributed by atoms with Crippen LogP contribution in [0.25, 0.3) is 0 Å². The monoisotopic (exact) mass is 404 g/mol. The van der Waals surface area contributed by atoms with Crippen molar-refractivity contribution < 1.29 is 5.11 Å². The van der Waals surface area contributed by atoms with E-state index >= 15 is 0 Å². The van der Waals surface area contributed by atoms with Crippen LogP contribution in [0.2, 0.25) is 15.1 Å². The van der Waals surface area contributed by atoms with Crippen LogP contribution in [0.5, 0.6) is 5.75 Å². The molecule has 0 bridgehead atoms. The minimum atomic E-state index is -0.143. The fourth-order valence-corrected chi connectivity index (χ4v) is 3.04. The average Bonchev–Trinajstić information content (AvgIpc) is 3.00. The van der Waals surface area contributed by atoms with Crippen molar-refractivity contribution in [2.75, 3.05) is 0 Å². The van der Waals surface area contributed by atoms with E-state index in [0.29, 0.717) is 28.0 Å². The molecule has 0 aliphatic carbocycles. The summed E-state index contributed by atoms with van der Waals surface area (Å²) in [4.78, 5) is 8.37. The van der Waals surface area contributed by atoms with Gasteiger partial charge in [0.1, 0.15) is 11.8 Å². The van der Waals surface area contributed by atoms with E-state index in [9.17, 15) is 10.4 Å². The summed E-state index contributed by atoms with van der Waals surface area (Å²) in [5, 5.41) is 20.4. The highest BCUT2D eigenvalue weighted by molar-refractivity contribution is 6.36. The molecule has 0 aliphatic rings. The highest BCUT2D eigenvalue weighted by Crippen LogP contribution is 2.31. The van der Waals surface area contributed by atoms with Gasteiger partial charge < -0.3 is 9.67 Å². The molecule has 1 heterocycles. The van der Waals surface area contributed by atoms with Gasteiger partial charge in [-0.3, -0.25) is 0 Å². The van der Waals surface area contributed by atoms with E-state index in [4.69, 9.17) is 34.8 Å². The molecule has 2 aromatic carbocycles. The van der Waals surface area contributed by atoms with Gasteiger partial charge in [0.25, 0.3) is 0 Å². The van der Waals surface area contributed by atoms with Gasteiger partial charge >= 0.3 is 0 Å². The van der Waals surface area contributed by atoms with Crippen LogP contribution in [0, 0.1) is 11.3 Å². The van der Waals surface area contributed by atoms with E-state index in [-0.39, 0.29) is 16.5 Å². The molecule has 3 rings (SSSR count). The number of hydrogen-bond donors (Lipinski definition) is 1. The zero-order chi connectivity index (χ0) is 18.7. The molecule has 1 N–H and O–H groups in total. The number of nitrogens with zero attached hydrogens (tertiary/aromatic N) is 4. The Morgan fingerprint density at radius 1 is 1.19 bits per heavy atom. The molecule has 130 valence electrons. The summed E-state index contributed by atoms with van der Waals surface area (Å²) in [6.45, 7) is 0.392. The van der Waals surface area contributed by atoms with Crippen LogP contribution in [-0.2, 0) is 6.54 Å². The topological polar surface area (TPSA) is 74.2 Å². The Kier molecular flexibility index (Phi) is 5.48. The lowest BCUT2D eigenvalue weighted by atomic mass is 10.2. The summed E-state index contributed by atoms with van der Waals surface area (Å²) in [6, 6.07) is 12.3. The minimum Gasteiger partial charge on any atom is -0.506 e. The molecule has 0 atom stereocenters. The molecule has 0 spiro atoms. The lowest BCUT2D eigenvalue weighted by molar-refractivity contribution is 0.475. The van der Waals surface area contributed by atoms with Crippen LogP contribution in [0.4, 0.5) is 5.82 Å². The number of phenolic OH excluding ortho intramolecular Hbond substituents is 1. The number of aromatic nitrogens is 2. The van der Waals surface area contributed by atoms with E-state index in [2.05, 4.69) is 9.98 Å². The number of aromatic hydroxyl groups is 1. The molecule has 0 aliphatic heterocycles. The minimum absolute atomic E-state index is 0.115. The van der Waals surface area contributed by atoms with Gasteiger partial charge in [0.05, 0.1) is 17.9 Å². The quantitative estimate of drug-likeness (QED) is 0.605. The second-order valence-electron chi connectivity index (χ2n) is 5.33. The number of benzene rings is 2. The van der Waals surface area contributed by atoms with Crippen LogP contribution in [-0.4, -0.2) is 20.9 Å². The molecule has 1 aromatic heterocycles. The second-order valence-corrected chi connectivity index (χ2v) is 6.58. The van der Waals surface area contributed by atoms with Crippen LogP contribution in [0.15, 0.2) is 47.7 Å². The Balaban J connectivity index is 1.99. The number of aliphatic imine (C=N–C) groups is 1. The predicted octanol–water partition coefficient (Wildman–Crippen LogP) is 5.22. The zero-order valence-electron chi connectivity index (χ0n) is 13.2. The maximum absolute atomic E-state index is 10.0. The van der Waals surface area contributed by atoms with Gasteiger partial charge in [-0.25, -0.2) is 9.98 Å². The number of rotatable bonds is 4. The van der Waals surface area contributed by atoms with Crippen molar-refractivity contribution in [3.05, 3.63) is 74.6 Å². The summed E-state index contributed by atoms with van der Waals surface area (Å²) in [7, 11) is 0. The SMILES string of the molecule is N#Cc1ncn(Cc2ccccc2Cl)c1N=Cc1cc(Cl)cc(Cl)c1O. The van der Waals surface area contributed by atoms with Crippen LogP contribution in [0.1, 0.15) is 16.8 Å². The summed E-state index contributed by atoms with van der Waals surface area (Å²) in [5.74, 6) is 0.193. The first-order chi connectivity index (χ1) is 12.5. The molecule has 0 saturated heterocycles. The van der Waals surface area contributed by atoms with Gasteiger partial charge in [-0.15, -0.1) is 0 Å². The lowest BCUT2D eigenvalue weighted by Crippen LogP contribution is -1.99. The highest BCUT2D eigenvalue weighted by atomic mass is 35.5. The van der Waals surface area contributed by atoms with E-state index in [1.807, 2.05) is 24.3 Å². The molecule has 0 amide bonds. The summed E-state index contributed by atoms with van der Waals surface area (Å²) < 4.78 is 1.69. The third kappa shape index (κ3) is 3.83. The van der Waals surface area contributed by atoms with Crippen molar-refractivity contribution >= 4 is 46.8 Å². The first kappa shape index (κ1) is 18.3. The Hall–Kier alpha value is -2.52. The molecule has 26 heavy (non-hydrogen) atoms. The fraction of sp³-hybridized carbons (Fsp3) is 0.0556. The number of nitriles is 1. The largest absolute Gasteiger partial charge is 0.506 e. The fourth-order valence-electron chi connectivity index (χ4n) is 2.33. The number of halogens is 3. The molecule has 8 heteroatoms. The summed E-state index contributed by atoms with van der Waals surface area (Å²) in [5.41, 5.74) is 1.35. The van der Waals surface area contributed by atoms with Gasteiger partial charge in [-0.05, 0) is 23.8 Å². The normalized spacial score (nSPS) is 11.0. The van der Waals surface area contributed by atoms with E-state index in [0.717, 1.165) is 5.56 Å². The van der Waals surface area contributed by atoms with Crippen molar-refractivity contribution in [3.8, 4) is 11.8 Å². The van der Waals surface area contributed by atoms with Gasteiger partial charge in [-0.1, -0.05) is 53.0 Å². The summed E-state index contributed by atoms with van der Waals surface area (Å²) >= 11 is 18.1. The van der Waals surface area contributed by atoms with Gasteiger partial charge in [0.2, 0.25) is 0 Å². The Morgan fingerprint density at radius 2 is 1.96 bits per heavy atom. The number of phenols is 1. The maximum atomic E-state index is 10.0. The molecule has 5 nitrogen and oxygen atoms in total. The third-order valence-corrected chi connectivity index (χ3v) is 4.47. The van der Waals surface area contributed by atoms with Crippen LogP contribution in [0.3, 0.4) is 0 Å². The van der Waals surface area contributed by atoms with Gasteiger partial charge in [0.15, 0.2) is 11.5 Å². The number of hydrogen-bond acceptors (Lipinski definition) is 4. The molecule has 0 unspecified atom stereocenters. The first-order valence-electron chi connectivity index (χ1n) is 7.40. The standard InChI is InChI=1S/C18H11Cl3N4O/c19-13-5-12(17(26)15(21)6-13)8-23-18-16(7-22)24-10-25(18)9-11-3-1-2-4-14(11)20/h1-6,8,10,26H,9H2. The maximum Gasteiger partial charge on any atom is 0.185 e. The van der Waals surface area contributed by atoms with Crippen molar-refractivity contribution in [2.45, 2.75) is 6.54 Å². The Bertz CT molecular complexity index is 1040. The third-order valence-electron chi connectivity index (χ3n) is 3.60. The molecule has 3 aromatic rings. The van der Waals surface area contributed by atoms with Crippen molar-refractivity contribution in [3.63, 3.8) is 0 Å². The van der Waals surface area contributed by atoms with Gasteiger partial charge in [-0.2, -0.15) is 5.26 Å². The van der Waals surface area contributed by atoms with Crippen LogP contribution < -0.4 is 0 Å². The van der Waals surface area contributed by atoms with Crippen molar-refractivity contribution in [1.82, 2.24) is 9.55 Å². The first-order valence-corrected chi connectivity index (χ1v) is 8.53. The van der Waals surface area contributed by atoms with E-state index in [1.165, 1.54) is 24.7 Å². The molecule has 0 fully saturated rings. The van der Waals surface area contributed by atoms with E-state index in [1.54, 1.807) is 10.6 Å². The molecular formula is C18H11Cl3N4O. The van der Waals surface area contributed by atoms with Crippen molar-refractivity contribution in [1.29, 1.82) is 5.26 Å². The molecule has 0 saturated carbocycles. The Morgan fingerprint density at radius 3 is 2.69 bits per heavy atom. The van der Waals surface area contributed by atoms with Crippen LogP contribution >= 0.6 is 34.8 Å². The summed E-state index contributed by atoms with van der Waals surface area (Å²) in [6.07, 6.45) is 2.90. The zero-order valence-corrected chi connectivity index (χ0v) is 15.5. The molecular weight excluding hydrogens is 395 g/mol. The Labute approximate surface area is 164 Å². The average molecular weight is 406 g/mol. The second kappa shape index (κ2) is 7.79. The van der Waals surface area contributed by atoms with Gasteiger partial charge in [0, 0.05) is 21.8 Å². The smallest absolute Gasteiger partial charge is 0.185 e. The lowest BCUT2D eigenvalue weighted by Gasteiger charge is -2.07.